The highest BCUT2D eigenvalue weighted by Crippen LogP contribution is 2.18. The van der Waals surface area contributed by atoms with E-state index in [1.54, 1.807) is 0 Å². The highest BCUT2D eigenvalue weighted by molar-refractivity contribution is 7.98. The summed E-state index contributed by atoms with van der Waals surface area (Å²) >= 11 is 1.53. The number of thioether (sulfide) groups is 1. The predicted molar refractivity (Wildman–Crippen MR) is 83.2 cm³/mol. The average Bonchev–Trinajstić information content (AvgIpc) is 2.77. The third-order valence-electron chi connectivity index (χ3n) is 3.04. The Bertz CT molecular complexity index is 580. The summed E-state index contributed by atoms with van der Waals surface area (Å²) in [6.45, 7) is 5.65. The molecule has 6 nitrogen and oxygen atoms in total. The number of aryl methyl sites for hydroxylation is 1. The van der Waals surface area contributed by atoms with Crippen LogP contribution in [0.3, 0.4) is 0 Å². The van der Waals surface area contributed by atoms with Crippen LogP contribution in [0.4, 0.5) is 11.6 Å². The first-order valence-corrected chi connectivity index (χ1v) is 7.74. The van der Waals surface area contributed by atoms with Crippen LogP contribution >= 0.6 is 11.8 Å². The molecule has 108 valence electrons. The zero-order valence-corrected chi connectivity index (χ0v) is 13.1. The van der Waals surface area contributed by atoms with E-state index in [1.807, 2.05) is 37.2 Å². The molecular formula is C13H20N6S. The van der Waals surface area contributed by atoms with Crippen LogP contribution in [0.15, 0.2) is 17.4 Å². The van der Waals surface area contributed by atoms with E-state index in [0.717, 1.165) is 29.0 Å². The van der Waals surface area contributed by atoms with Gasteiger partial charge >= 0.3 is 0 Å². The molecule has 0 unspecified atom stereocenters. The zero-order valence-electron chi connectivity index (χ0n) is 12.3. The highest BCUT2D eigenvalue weighted by Gasteiger charge is 2.06. The number of nitrogens with zero attached hydrogens (tertiary/aromatic N) is 4. The maximum atomic E-state index is 4.46. The number of nitrogens with one attached hydrogen (secondary N) is 2. The fraction of sp³-hybridized carbons (Fsp3) is 0.462. The molecule has 0 saturated carbocycles. The van der Waals surface area contributed by atoms with Crippen molar-refractivity contribution >= 4 is 23.4 Å². The van der Waals surface area contributed by atoms with Crippen LogP contribution in [-0.4, -0.2) is 32.5 Å². The van der Waals surface area contributed by atoms with E-state index in [9.17, 15) is 0 Å². The van der Waals surface area contributed by atoms with Crippen LogP contribution in [0.2, 0.25) is 0 Å². The van der Waals surface area contributed by atoms with Crippen LogP contribution < -0.4 is 10.6 Å². The Morgan fingerprint density at radius 3 is 2.50 bits per heavy atom. The molecule has 0 aliphatic rings. The number of hydrogen-bond donors (Lipinski definition) is 2. The van der Waals surface area contributed by atoms with Crippen molar-refractivity contribution in [3.05, 3.63) is 23.5 Å². The van der Waals surface area contributed by atoms with Gasteiger partial charge in [0.05, 0.1) is 6.20 Å². The second-order valence-corrected chi connectivity index (χ2v) is 5.16. The van der Waals surface area contributed by atoms with E-state index in [2.05, 4.69) is 32.6 Å². The van der Waals surface area contributed by atoms with E-state index in [1.165, 1.54) is 17.3 Å². The summed E-state index contributed by atoms with van der Waals surface area (Å²) in [6, 6.07) is 1.93. The maximum Gasteiger partial charge on any atom is 0.191 e. The predicted octanol–water partition coefficient (Wildman–Crippen LogP) is 2.28. The van der Waals surface area contributed by atoms with E-state index in [4.69, 9.17) is 0 Å². The van der Waals surface area contributed by atoms with Gasteiger partial charge in [-0.2, -0.15) is 5.10 Å². The van der Waals surface area contributed by atoms with E-state index in [-0.39, 0.29) is 0 Å². The number of rotatable bonds is 6. The van der Waals surface area contributed by atoms with Gasteiger partial charge < -0.3 is 10.6 Å². The van der Waals surface area contributed by atoms with Crippen molar-refractivity contribution < 1.29 is 0 Å². The Hall–Kier alpha value is -1.76. The lowest BCUT2D eigenvalue weighted by Crippen LogP contribution is -2.06. The van der Waals surface area contributed by atoms with Crippen molar-refractivity contribution in [3.63, 3.8) is 0 Å². The van der Waals surface area contributed by atoms with Crippen LogP contribution in [0.5, 0.6) is 0 Å². The zero-order chi connectivity index (χ0) is 14.5. The second-order valence-electron chi connectivity index (χ2n) is 4.39. The van der Waals surface area contributed by atoms with Gasteiger partial charge in [0.1, 0.15) is 11.6 Å². The molecule has 0 saturated heterocycles. The average molecular weight is 292 g/mol. The monoisotopic (exact) mass is 292 g/mol. The molecule has 0 radical (unpaired) electrons. The smallest absolute Gasteiger partial charge is 0.191 e. The third-order valence-corrected chi connectivity index (χ3v) is 3.59. The van der Waals surface area contributed by atoms with Crippen molar-refractivity contribution in [2.24, 2.45) is 7.05 Å². The standard InChI is InChI=1S/C13H20N6S/c1-5-14-11-6-12(18-13(17-11)20-4)15-7-10-8-16-19(3)9(10)2/h6,8H,5,7H2,1-4H3,(H2,14,15,17,18). The summed E-state index contributed by atoms with van der Waals surface area (Å²) in [6.07, 6.45) is 3.85. The highest BCUT2D eigenvalue weighted by atomic mass is 32.2. The molecule has 0 aliphatic carbocycles. The third kappa shape index (κ3) is 3.41. The summed E-state index contributed by atoms with van der Waals surface area (Å²) < 4.78 is 1.87. The minimum absolute atomic E-state index is 0.704. The lowest BCUT2D eigenvalue weighted by atomic mass is 10.2. The summed E-state index contributed by atoms with van der Waals surface area (Å²) in [5.74, 6) is 1.67. The molecule has 20 heavy (non-hydrogen) atoms. The molecule has 7 heteroatoms. The quantitative estimate of drug-likeness (QED) is 0.629. The molecule has 2 N–H and O–H groups in total. The van der Waals surface area contributed by atoms with E-state index < -0.39 is 0 Å². The Labute approximate surface area is 123 Å². The molecule has 2 aromatic rings. The van der Waals surface area contributed by atoms with Gasteiger partial charge in [0.2, 0.25) is 0 Å². The lowest BCUT2D eigenvalue weighted by Gasteiger charge is -2.09. The van der Waals surface area contributed by atoms with Gasteiger partial charge in [0.25, 0.3) is 0 Å². The summed E-state index contributed by atoms with van der Waals surface area (Å²) in [4.78, 5) is 8.86. The van der Waals surface area contributed by atoms with Crippen LogP contribution in [-0.2, 0) is 13.6 Å². The first kappa shape index (κ1) is 14.6. The van der Waals surface area contributed by atoms with Crippen molar-refractivity contribution in [1.82, 2.24) is 19.7 Å². The molecule has 0 bridgehead atoms. The number of aromatic nitrogens is 4. The molecule has 0 fully saturated rings. The molecule has 2 heterocycles. The molecule has 0 atom stereocenters. The van der Waals surface area contributed by atoms with Crippen LogP contribution in [0.25, 0.3) is 0 Å². The number of anilines is 2. The molecule has 0 aliphatic heterocycles. The molecule has 0 spiro atoms. The molecule has 0 amide bonds. The van der Waals surface area contributed by atoms with Gasteiger partial charge in [-0.15, -0.1) is 0 Å². The van der Waals surface area contributed by atoms with Gasteiger partial charge in [-0.25, -0.2) is 9.97 Å². The van der Waals surface area contributed by atoms with Crippen molar-refractivity contribution in [1.29, 1.82) is 0 Å². The fourth-order valence-corrected chi connectivity index (χ4v) is 2.16. The van der Waals surface area contributed by atoms with Gasteiger partial charge in [-0.05, 0) is 20.1 Å². The van der Waals surface area contributed by atoms with E-state index in [0.29, 0.717) is 6.54 Å². The molecule has 2 rings (SSSR count). The van der Waals surface area contributed by atoms with Gasteiger partial charge in [0.15, 0.2) is 5.16 Å². The molecule has 2 aromatic heterocycles. The normalized spacial score (nSPS) is 10.6. The van der Waals surface area contributed by atoms with Crippen LogP contribution in [0, 0.1) is 6.92 Å². The van der Waals surface area contributed by atoms with Gasteiger partial charge in [-0.3, -0.25) is 4.68 Å². The van der Waals surface area contributed by atoms with Gasteiger partial charge in [0, 0.05) is 37.5 Å². The summed E-state index contributed by atoms with van der Waals surface area (Å²) in [5, 5.41) is 11.5. The van der Waals surface area contributed by atoms with Crippen molar-refractivity contribution in [2.75, 3.05) is 23.4 Å². The Morgan fingerprint density at radius 1 is 1.25 bits per heavy atom. The Balaban J connectivity index is 2.12. The largest absolute Gasteiger partial charge is 0.370 e. The first-order valence-electron chi connectivity index (χ1n) is 6.52. The Morgan fingerprint density at radius 2 is 1.95 bits per heavy atom. The topological polar surface area (TPSA) is 67.7 Å². The fourth-order valence-electron chi connectivity index (χ4n) is 1.78. The first-order chi connectivity index (χ1) is 9.63. The summed E-state index contributed by atoms with van der Waals surface area (Å²) in [5.41, 5.74) is 2.32. The minimum Gasteiger partial charge on any atom is -0.370 e. The van der Waals surface area contributed by atoms with E-state index >= 15 is 0 Å². The number of hydrogen-bond acceptors (Lipinski definition) is 6. The summed E-state index contributed by atoms with van der Waals surface area (Å²) in [7, 11) is 1.94. The van der Waals surface area contributed by atoms with Crippen LogP contribution in [0.1, 0.15) is 18.2 Å². The maximum absolute atomic E-state index is 4.46. The van der Waals surface area contributed by atoms with Gasteiger partial charge in [-0.1, -0.05) is 11.8 Å². The Kier molecular flexibility index (Phi) is 4.84. The SMILES string of the molecule is CCNc1cc(NCc2cnn(C)c2C)nc(SC)n1. The second kappa shape index (κ2) is 6.60. The molecular weight excluding hydrogens is 272 g/mol. The molecule has 0 aromatic carbocycles. The lowest BCUT2D eigenvalue weighted by molar-refractivity contribution is 0.738. The minimum atomic E-state index is 0.704. The van der Waals surface area contributed by atoms with Crippen molar-refractivity contribution in [3.8, 4) is 0 Å². The van der Waals surface area contributed by atoms with Crippen molar-refractivity contribution in [2.45, 2.75) is 25.5 Å².